The summed E-state index contributed by atoms with van der Waals surface area (Å²) >= 11 is 0. The number of urea groups is 1. The summed E-state index contributed by atoms with van der Waals surface area (Å²) in [6, 6.07) is 18.2. The molecule has 3 aromatic rings. The fourth-order valence-electron chi connectivity index (χ4n) is 3.30. The van der Waals surface area contributed by atoms with Crippen LogP contribution >= 0.6 is 0 Å². The van der Waals surface area contributed by atoms with Crippen molar-refractivity contribution in [1.29, 1.82) is 0 Å². The molecule has 0 spiro atoms. The van der Waals surface area contributed by atoms with Gasteiger partial charge in [0.2, 0.25) is 0 Å². The van der Waals surface area contributed by atoms with Gasteiger partial charge < -0.3 is 19.5 Å². The number of rotatable bonds is 5. The molecule has 0 saturated carbocycles. The zero-order chi connectivity index (χ0) is 17.9. The Morgan fingerprint density at radius 3 is 2.77 bits per heavy atom. The van der Waals surface area contributed by atoms with Gasteiger partial charge in [-0.1, -0.05) is 24.3 Å². The Balaban J connectivity index is 1.22. The summed E-state index contributed by atoms with van der Waals surface area (Å²) in [5.74, 6) is 1.29. The van der Waals surface area contributed by atoms with E-state index in [0.29, 0.717) is 19.1 Å². The lowest BCUT2D eigenvalue weighted by atomic mass is 10.0. The topological polar surface area (TPSA) is 46.5 Å². The fourth-order valence-corrected chi connectivity index (χ4v) is 3.30. The molecule has 1 saturated heterocycles. The Bertz CT molecular complexity index is 898. The molecule has 5 nitrogen and oxygen atoms in total. The second-order valence-electron chi connectivity index (χ2n) is 6.87. The number of carbonyl (C=O) groups excluding carboxylic acids is 1. The number of para-hydroxylation sites is 1. The van der Waals surface area contributed by atoms with Crippen LogP contribution in [0, 0.1) is 5.92 Å². The first-order valence-corrected chi connectivity index (χ1v) is 8.93. The van der Waals surface area contributed by atoms with Crippen molar-refractivity contribution in [2.24, 2.45) is 13.0 Å². The van der Waals surface area contributed by atoms with Crippen molar-refractivity contribution in [2.45, 2.75) is 6.54 Å². The lowest BCUT2D eigenvalue weighted by Gasteiger charge is -2.38. The summed E-state index contributed by atoms with van der Waals surface area (Å²) in [4.78, 5) is 14.1. The molecule has 2 aromatic carbocycles. The van der Waals surface area contributed by atoms with Crippen LogP contribution in [-0.4, -0.2) is 35.2 Å². The average Bonchev–Trinajstić information content (AvgIpc) is 3.00. The molecule has 2 heterocycles. The molecule has 26 heavy (non-hydrogen) atoms. The molecule has 0 aliphatic carbocycles. The fraction of sp³-hybridized carbons (Fsp3) is 0.286. The standard InChI is InChI=1S/C21H23N3O2/c1-23-10-9-18-11-16(7-8-20(18)23)12-22-21(25)24-13-17(14-24)15-26-19-5-3-2-4-6-19/h2-11,17H,12-15H2,1H3,(H,22,25). The van der Waals surface area contributed by atoms with Gasteiger partial charge in [0.15, 0.2) is 0 Å². The van der Waals surface area contributed by atoms with Gasteiger partial charge in [-0.25, -0.2) is 4.79 Å². The van der Waals surface area contributed by atoms with E-state index in [9.17, 15) is 4.79 Å². The maximum atomic E-state index is 12.3. The smallest absolute Gasteiger partial charge is 0.317 e. The highest BCUT2D eigenvalue weighted by atomic mass is 16.5. The van der Waals surface area contributed by atoms with Gasteiger partial charge in [0.25, 0.3) is 0 Å². The van der Waals surface area contributed by atoms with E-state index < -0.39 is 0 Å². The number of aromatic nitrogens is 1. The molecule has 0 unspecified atom stereocenters. The Hall–Kier alpha value is -2.95. The molecule has 0 radical (unpaired) electrons. The second-order valence-corrected chi connectivity index (χ2v) is 6.87. The molecule has 4 rings (SSSR count). The zero-order valence-electron chi connectivity index (χ0n) is 14.9. The predicted octanol–water partition coefficient (Wildman–Crippen LogP) is 3.40. The van der Waals surface area contributed by atoms with Crippen LogP contribution in [-0.2, 0) is 13.6 Å². The lowest BCUT2D eigenvalue weighted by molar-refractivity contribution is 0.0855. The summed E-state index contributed by atoms with van der Waals surface area (Å²) in [5, 5.41) is 4.20. The number of nitrogens with zero attached hydrogens (tertiary/aromatic N) is 2. The number of carbonyl (C=O) groups is 1. The summed E-state index contributed by atoms with van der Waals surface area (Å²) in [6.45, 7) is 2.69. The highest BCUT2D eigenvalue weighted by Crippen LogP contribution is 2.19. The van der Waals surface area contributed by atoms with Crippen molar-refractivity contribution >= 4 is 16.9 Å². The van der Waals surface area contributed by atoms with Crippen LogP contribution in [0.3, 0.4) is 0 Å². The van der Waals surface area contributed by atoms with Crippen molar-refractivity contribution in [1.82, 2.24) is 14.8 Å². The van der Waals surface area contributed by atoms with Crippen molar-refractivity contribution in [3.05, 3.63) is 66.4 Å². The third-order valence-corrected chi connectivity index (χ3v) is 4.87. The van der Waals surface area contributed by atoms with E-state index in [4.69, 9.17) is 4.74 Å². The number of fused-ring (bicyclic) bond motifs is 1. The first-order chi connectivity index (χ1) is 12.7. The van der Waals surface area contributed by atoms with E-state index in [-0.39, 0.29) is 6.03 Å². The molecule has 5 heteroatoms. The number of nitrogens with one attached hydrogen (secondary N) is 1. The molecular formula is C21H23N3O2. The summed E-state index contributed by atoms with van der Waals surface area (Å²) in [5.41, 5.74) is 2.31. The van der Waals surface area contributed by atoms with E-state index in [1.54, 1.807) is 0 Å². The number of benzene rings is 2. The highest BCUT2D eigenvalue weighted by Gasteiger charge is 2.30. The van der Waals surface area contributed by atoms with Crippen LogP contribution in [0.15, 0.2) is 60.8 Å². The quantitative estimate of drug-likeness (QED) is 0.767. The van der Waals surface area contributed by atoms with E-state index in [1.165, 1.54) is 10.9 Å². The molecule has 1 aliphatic heterocycles. The van der Waals surface area contributed by atoms with Crippen LogP contribution in [0.5, 0.6) is 5.75 Å². The minimum atomic E-state index is -0.00544. The molecule has 1 fully saturated rings. The van der Waals surface area contributed by atoms with E-state index >= 15 is 0 Å². The molecule has 1 aliphatic rings. The van der Waals surface area contributed by atoms with Crippen LogP contribution in [0.25, 0.3) is 10.9 Å². The monoisotopic (exact) mass is 349 g/mol. The average molecular weight is 349 g/mol. The summed E-state index contributed by atoms with van der Waals surface area (Å²) < 4.78 is 7.84. The maximum Gasteiger partial charge on any atom is 0.317 e. The third kappa shape index (κ3) is 3.52. The Morgan fingerprint density at radius 1 is 1.15 bits per heavy atom. The van der Waals surface area contributed by atoms with Gasteiger partial charge in [-0.05, 0) is 41.3 Å². The van der Waals surface area contributed by atoms with Crippen LogP contribution in [0.4, 0.5) is 4.79 Å². The second kappa shape index (κ2) is 7.12. The SMILES string of the molecule is Cn1ccc2cc(CNC(=O)N3CC(COc4ccccc4)C3)ccc21. The molecule has 2 amide bonds. The van der Waals surface area contributed by atoms with E-state index in [1.807, 2.05) is 48.5 Å². The molecule has 1 aromatic heterocycles. The Morgan fingerprint density at radius 2 is 1.96 bits per heavy atom. The molecule has 0 bridgehead atoms. The highest BCUT2D eigenvalue weighted by molar-refractivity contribution is 5.81. The minimum Gasteiger partial charge on any atom is -0.493 e. The molecule has 0 atom stereocenters. The van der Waals surface area contributed by atoms with Gasteiger partial charge in [-0.15, -0.1) is 0 Å². The van der Waals surface area contributed by atoms with Crippen molar-refractivity contribution < 1.29 is 9.53 Å². The van der Waals surface area contributed by atoms with Gasteiger partial charge in [0, 0.05) is 44.3 Å². The zero-order valence-corrected chi connectivity index (χ0v) is 14.9. The molecular weight excluding hydrogens is 326 g/mol. The normalized spacial score (nSPS) is 14.3. The minimum absolute atomic E-state index is 0.00544. The third-order valence-electron chi connectivity index (χ3n) is 4.87. The predicted molar refractivity (Wildman–Crippen MR) is 102 cm³/mol. The largest absolute Gasteiger partial charge is 0.493 e. The number of hydrogen-bond acceptors (Lipinski definition) is 2. The number of aryl methyl sites for hydroxylation is 1. The summed E-state index contributed by atoms with van der Waals surface area (Å²) in [7, 11) is 2.03. The first-order valence-electron chi connectivity index (χ1n) is 8.93. The lowest BCUT2D eigenvalue weighted by Crippen LogP contribution is -2.55. The van der Waals surface area contributed by atoms with Crippen LogP contribution in [0.1, 0.15) is 5.56 Å². The van der Waals surface area contributed by atoms with Crippen molar-refractivity contribution in [3.63, 3.8) is 0 Å². The van der Waals surface area contributed by atoms with Gasteiger partial charge in [0.1, 0.15) is 5.75 Å². The van der Waals surface area contributed by atoms with Gasteiger partial charge >= 0.3 is 6.03 Å². The summed E-state index contributed by atoms with van der Waals surface area (Å²) in [6.07, 6.45) is 2.05. The number of likely N-dealkylation sites (tertiary alicyclic amines) is 1. The number of hydrogen-bond donors (Lipinski definition) is 1. The number of amides is 2. The van der Waals surface area contributed by atoms with Gasteiger partial charge in [-0.2, -0.15) is 0 Å². The Kier molecular flexibility index (Phi) is 4.52. The van der Waals surface area contributed by atoms with Crippen LogP contribution < -0.4 is 10.1 Å². The van der Waals surface area contributed by atoms with Crippen molar-refractivity contribution in [3.8, 4) is 5.75 Å². The van der Waals surface area contributed by atoms with Crippen LogP contribution in [0.2, 0.25) is 0 Å². The first kappa shape index (κ1) is 16.5. The van der Waals surface area contributed by atoms with E-state index in [0.717, 1.165) is 24.4 Å². The molecule has 134 valence electrons. The number of ether oxygens (including phenoxy) is 1. The van der Waals surface area contributed by atoms with E-state index in [2.05, 4.69) is 34.1 Å². The molecule has 1 N–H and O–H groups in total. The van der Waals surface area contributed by atoms with Gasteiger partial charge in [0.05, 0.1) is 6.61 Å². The van der Waals surface area contributed by atoms with Crippen molar-refractivity contribution in [2.75, 3.05) is 19.7 Å². The maximum absolute atomic E-state index is 12.3. The van der Waals surface area contributed by atoms with Gasteiger partial charge in [-0.3, -0.25) is 0 Å². The Labute approximate surface area is 153 Å².